The number of nitrogens with zero attached hydrogens (tertiary/aromatic N) is 2. The van der Waals surface area contributed by atoms with E-state index in [1.165, 1.54) is 0 Å². The molecule has 0 N–H and O–H groups in total. The molecular formula is C19H20N2O3. The lowest BCUT2D eigenvalue weighted by Gasteiger charge is -2.11. The molecule has 0 saturated heterocycles. The fraction of sp³-hybridized carbons (Fsp3) is 0.263. The first-order valence-corrected chi connectivity index (χ1v) is 8.02. The maximum Gasteiger partial charge on any atom is 0.258 e. The van der Waals surface area contributed by atoms with Gasteiger partial charge in [-0.1, -0.05) is 12.1 Å². The Morgan fingerprint density at radius 2 is 2.00 bits per heavy atom. The van der Waals surface area contributed by atoms with E-state index in [2.05, 4.69) is 4.98 Å². The van der Waals surface area contributed by atoms with Gasteiger partial charge in [-0.25, -0.2) is 0 Å². The summed E-state index contributed by atoms with van der Waals surface area (Å²) in [6.07, 6.45) is 3.52. The van der Waals surface area contributed by atoms with Crippen molar-refractivity contribution < 1.29 is 9.47 Å². The summed E-state index contributed by atoms with van der Waals surface area (Å²) in [4.78, 5) is 16.8. The van der Waals surface area contributed by atoms with Gasteiger partial charge in [0.25, 0.3) is 5.56 Å². The molecule has 0 aliphatic carbocycles. The normalized spacial score (nSPS) is 10.9. The van der Waals surface area contributed by atoms with E-state index in [-0.39, 0.29) is 5.56 Å². The number of ether oxygens (including phenoxy) is 2. The molecule has 0 unspecified atom stereocenters. The van der Waals surface area contributed by atoms with Gasteiger partial charge in [0.1, 0.15) is 12.4 Å². The molecule has 0 spiro atoms. The predicted molar refractivity (Wildman–Crippen MR) is 93.3 cm³/mol. The predicted octanol–water partition coefficient (Wildman–Crippen LogP) is 3.01. The Labute approximate surface area is 140 Å². The molecule has 3 aromatic rings. The molecule has 0 fully saturated rings. The molecule has 5 heteroatoms. The number of hydrogen-bond donors (Lipinski definition) is 0. The van der Waals surface area contributed by atoms with Crippen LogP contribution in [0.25, 0.3) is 10.8 Å². The Morgan fingerprint density at radius 1 is 1.08 bits per heavy atom. The van der Waals surface area contributed by atoms with Gasteiger partial charge in [-0.15, -0.1) is 0 Å². The molecule has 0 aliphatic rings. The van der Waals surface area contributed by atoms with Crippen LogP contribution in [-0.4, -0.2) is 22.8 Å². The Bertz CT molecular complexity index is 859. The first-order valence-electron chi connectivity index (χ1n) is 8.02. The third-order valence-electron chi connectivity index (χ3n) is 3.76. The summed E-state index contributed by atoms with van der Waals surface area (Å²) in [5, 5.41) is 1.46. The molecule has 0 saturated carbocycles. The van der Waals surface area contributed by atoms with Crippen molar-refractivity contribution in [2.45, 2.75) is 20.1 Å². The van der Waals surface area contributed by atoms with Crippen molar-refractivity contribution in [3.63, 3.8) is 0 Å². The van der Waals surface area contributed by atoms with Gasteiger partial charge in [-0.3, -0.25) is 9.78 Å². The Hall–Kier alpha value is -2.66. The van der Waals surface area contributed by atoms with E-state index in [0.717, 1.165) is 11.1 Å². The SMILES string of the molecule is CCOCCn1ccc2c(OCc3ccccn3)cccc2c1=O. The van der Waals surface area contributed by atoms with Crippen LogP contribution in [0.1, 0.15) is 12.6 Å². The highest BCUT2D eigenvalue weighted by molar-refractivity contribution is 5.87. The smallest absolute Gasteiger partial charge is 0.258 e. The number of fused-ring (bicyclic) bond motifs is 1. The van der Waals surface area contributed by atoms with Crippen LogP contribution in [0.15, 0.2) is 59.7 Å². The fourth-order valence-corrected chi connectivity index (χ4v) is 2.53. The molecule has 0 radical (unpaired) electrons. The zero-order valence-electron chi connectivity index (χ0n) is 13.6. The number of benzene rings is 1. The van der Waals surface area contributed by atoms with Gasteiger partial charge in [0.2, 0.25) is 0 Å². The third-order valence-corrected chi connectivity index (χ3v) is 3.76. The van der Waals surface area contributed by atoms with Crippen LogP contribution in [0.4, 0.5) is 0 Å². The quantitative estimate of drug-likeness (QED) is 0.627. The molecular weight excluding hydrogens is 304 g/mol. The molecule has 124 valence electrons. The molecule has 5 nitrogen and oxygen atoms in total. The van der Waals surface area contributed by atoms with Crippen LogP contribution in [0.2, 0.25) is 0 Å². The van der Waals surface area contributed by atoms with Gasteiger partial charge in [0, 0.05) is 30.9 Å². The van der Waals surface area contributed by atoms with E-state index in [1.54, 1.807) is 17.0 Å². The molecule has 0 aliphatic heterocycles. The van der Waals surface area contributed by atoms with Crippen LogP contribution in [-0.2, 0) is 17.9 Å². The molecule has 2 heterocycles. The highest BCUT2D eigenvalue weighted by Crippen LogP contribution is 2.23. The number of pyridine rings is 2. The molecule has 0 bridgehead atoms. The lowest BCUT2D eigenvalue weighted by Crippen LogP contribution is -2.22. The Balaban J connectivity index is 1.85. The van der Waals surface area contributed by atoms with Crippen LogP contribution in [0.3, 0.4) is 0 Å². The second kappa shape index (κ2) is 7.75. The monoisotopic (exact) mass is 324 g/mol. The summed E-state index contributed by atoms with van der Waals surface area (Å²) in [5.41, 5.74) is 0.815. The van der Waals surface area contributed by atoms with Gasteiger partial charge < -0.3 is 14.0 Å². The molecule has 0 atom stereocenters. The minimum absolute atomic E-state index is 0.0320. The average Bonchev–Trinajstić information content (AvgIpc) is 2.63. The molecule has 2 aromatic heterocycles. The lowest BCUT2D eigenvalue weighted by molar-refractivity contribution is 0.138. The molecule has 24 heavy (non-hydrogen) atoms. The second-order valence-corrected chi connectivity index (χ2v) is 5.34. The summed E-state index contributed by atoms with van der Waals surface area (Å²) in [7, 11) is 0. The standard InChI is InChI=1S/C19H20N2O3/c1-2-23-13-12-21-11-9-16-17(19(21)22)7-5-8-18(16)24-14-15-6-3-4-10-20-15/h3-11H,2,12-14H2,1H3. The Kier molecular flexibility index (Phi) is 5.23. The number of hydrogen-bond acceptors (Lipinski definition) is 4. The summed E-state index contributed by atoms with van der Waals surface area (Å²) in [6, 6.07) is 13.1. The van der Waals surface area contributed by atoms with Crippen molar-refractivity contribution in [1.82, 2.24) is 9.55 Å². The van der Waals surface area contributed by atoms with Crippen LogP contribution in [0.5, 0.6) is 5.75 Å². The van der Waals surface area contributed by atoms with E-state index in [0.29, 0.717) is 37.5 Å². The van der Waals surface area contributed by atoms with E-state index >= 15 is 0 Å². The molecule has 0 amide bonds. The zero-order valence-corrected chi connectivity index (χ0v) is 13.6. The van der Waals surface area contributed by atoms with Gasteiger partial charge in [-0.2, -0.15) is 0 Å². The van der Waals surface area contributed by atoms with Crippen molar-refractivity contribution in [3.05, 3.63) is 70.9 Å². The first kappa shape index (κ1) is 16.2. The van der Waals surface area contributed by atoms with Crippen molar-refractivity contribution in [2.24, 2.45) is 0 Å². The molecule has 3 rings (SSSR count). The first-order chi connectivity index (χ1) is 11.8. The van der Waals surface area contributed by atoms with E-state index < -0.39 is 0 Å². The van der Waals surface area contributed by atoms with E-state index in [9.17, 15) is 4.79 Å². The van der Waals surface area contributed by atoms with Crippen molar-refractivity contribution in [1.29, 1.82) is 0 Å². The summed E-state index contributed by atoms with van der Waals surface area (Å²) < 4.78 is 12.9. The lowest BCUT2D eigenvalue weighted by atomic mass is 10.1. The topological polar surface area (TPSA) is 53.4 Å². The average molecular weight is 324 g/mol. The van der Waals surface area contributed by atoms with Crippen LogP contribution < -0.4 is 10.3 Å². The summed E-state index contributed by atoms with van der Waals surface area (Å²) in [5.74, 6) is 0.687. The highest BCUT2D eigenvalue weighted by atomic mass is 16.5. The molecule has 1 aromatic carbocycles. The van der Waals surface area contributed by atoms with Crippen LogP contribution >= 0.6 is 0 Å². The van der Waals surface area contributed by atoms with Gasteiger partial charge in [-0.05, 0) is 37.3 Å². The summed E-state index contributed by atoms with van der Waals surface area (Å²) >= 11 is 0. The largest absolute Gasteiger partial charge is 0.487 e. The fourth-order valence-electron chi connectivity index (χ4n) is 2.53. The maximum atomic E-state index is 12.6. The minimum Gasteiger partial charge on any atom is -0.487 e. The van der Waals surface area contributed by atoms with Gasteiger partial charge >= 0.3 is 0 Å². The highest BCUT2D eigenvalue weighted by Gasteiger charge is 2.08. The van der Waals surface area contributed by atoms with Gasteiger partial charge in [0.05, 0.1) is 17.7 Å². The maximum absolute atomic E-state index is 12.6. The van der Waals surface area contributed by atoms with Gasteiger partial charge in [0.15, 0.2) is 0 Å². The third kappa shape index (κ3) is 3.63. The van der Waals surface area contributed by atoms with Crippen molar-refractivity contribution in [3.8, 4) is 5.75 Å². The van der Waals surface area contributed by atoms with E-state index in [1.807, 2.05) is 49.4 Å². The Morgan fingerprint density at radius 3 is 2.79 bits per heavy atom. The van der Waals surface area contributed by atoms with Crippen molar-refractivity contribution >= 4 is 10.8 Å². The number of aromatic nitrogens is 2. The summed E-state index contributed by atoms with van der Waals surface area (Å²) in [6.45, 7) is 4.02. The van der Waals surface area contributed by atoms with Crippen LogP contribution in [0, 0.1) is 0 Å². The second-order valence-electron chi connectivity index (χ2n) is 5.34. The van der Waals surface area contributed by atoms with Crippen molar-refractivity contribution in [2.75, 3.05) is 13.2 Å². The minimum atomic E-state index is -0.0320. The number of rotatable bonds is 7. The zero-order chi connectivity index (χ0) is 16.8. The van der Waals surface area contributed by atoms with E-state index in [4.69, 9.17) is 9.47 Å².